The molecule has 0 aromatic heterocycles. The number of nitrogens with one attached hydrogen (secondary N) is 1. The zero-order valence-electron chi connectivity index (χ0n) is 10.2. The third-order valence-electron chi connectivity index (χ3n) is 2.48. The Morgan fingerprint density at radius 3 is 2.62 bits per heavy atom. The van der Waals surface area contributed by atoms with E-state index in [0.29, 0.717) is 6.04 Å². The van der Waals surface area contributed by atoms with Crippen LogP contribution in [-0.4, -0.2) is 19.3 Å². The summed E-state index contributed by atoms with van der Waals surface area (Å²) in [6.45, 7) is 7.72. The normalized spacial score (nSPS) is 14.8. The number of hydrogen-bond donors (Lipinski definition) is 1. The van der Waals surface area contributed by atoms with Crippen molar-refractivity contribution < 1.29 is 4.74 Å². The van der Waals surface area contributed by atoms with E-state index < -0.39 is 0 Å². The topological polar surface area (TPSA) is 21.3 Å². The van der Waals surface area contributed by atoms with E-state index in [1.54, 1.807) is 0 Å². The molecule has 0 saturated carbocycles. The average molecular weight is 242 g/mol. The molecule has 0 aliphatic rings. The Balaban J connectivity index is 2.52. The van der Waals surface area contributed by atoms with Crippen LogP contribution in [0.25, 0.3) is 0 Å². The third-order valence-corrected chi connectivity index (χ3v) is 2.82. The second-order valence-corrected chi connectivity index (χ2v) is 4.38. The van der Waals surface area contributed by atoms with Gasteiger partial charge in [0.25, 0.3) is 0 Å². The highest BCUT2D eigenvalue weighted by atomic mass is 35.5. The molecule has 0 spiro atoms. The second-order valence-electron chi connectivity index (χ2n) is 3.97. The lowest BCUT2D eigenvalue weighted by molar-refractivity contribution is 0.124. The van der Waals surface area contributed by atoms with E-state index in [4.69, 9.17) is 16.3 Å². The van der Waals surface area contributed by atoms with Crippen LogP contribution in [-0.2, 0) is 4.74 Å². The maximum atomic E-state index is 6.14. The molecule has 2 nitrogen and oxygen atoms in total. The minimum Gasteiger partial charge on any atom is -0.380 e. The monoisotopic (exact) mass is 241 g/mol. The molecule has 0 radical (unpaired) electrons. The van der Waals surface area contributed by atoms with Crippen LogP contribution in [0.3, 0.4) is 0 Å². The standard InChI is InChI=1S/C13H20ClNO/c1-4-16-9-10(2)15-11(3)12-7-5-6-8-13(12)14/h5-8,10-11,15H,4,9H2,1-3H3/t10?,11-/m1/s1. The molecule has 1 rings (SSSR count). The van der Waals surface area contributed by atoms with Gasteiger partial charge in [0, 0.05) is 23.7 Å². The Bertz CT molecular complexity index is 317. The van der Waals surface area contributed by atoms with E-state index in [0.717, 1.165) is 23.8 Å². The molecule has 1 aromatic carbocycles. The lowest BCUT2D eigenvalue weighted by Crippen LogP contribution is -2.32. The van der Waals surface area contributed by atoms with Crippen LogP contribution in [0.15, 0.2) is 24.3 Å². The van der Waals surface area contributed by atoms with E-state index in [1.807, 2.05) is 31.2 Å². The van der Waals surface area contributed by atoms with Gasteiger partial charge in [0.05, 0.1) is 6.61 Å². The lowest BCUT2D eigenvalue weighted by atomic mass is 10.1. The van der Waals surface area contributed by atoms with Gasteiger partial charge in [0.2, 0.25) is 0 Å². The predicted molar refractivity (Wildman–Crippen MR) is 69.0 cm³/mol. The zero-order chi connectivity index (χ0) is 12.0. The quantitative estimate of drug-likeness (QED) is 0.824. The van der Waals surface area contributed by atoms with Crippen LogP contribution in [0.5, 0.6) is 0 Å². The first-order chi connectivity index (χ1) is 7.65. The van der Waals surface area contributed by atoms with Crippen LogP contribution < -0.4 is 5.32 Å². The van der Waals surface area contributed by atoms with Crippen LogP contribution in [0.4, 0.5) is 0 Å². The van der Waals surface area contributed by atoms with E-state index in [1.165, 1.54) is 0 Å². The van der Waals surface area contributed by atoms with Gasteiger partial charge in [-0.25, -0.2) is 0 Å². The van der Waals surface area contributed by atoms with Crippen molar-refractivity contribution in [3.05, 3.63) is 34.9 Å². The van der Waals surface area contributed by atoms with Gasteiger partial charge in [0.15, 0.2) is 0 Å². The average Bonchev–Trinajstić information content (AvgIpc) is 2.26. The molecule has 16 heavy (non-hydrogen) atoms. The summed E-state index contributed by atoms with van der Waals surface area (Å²) < 4.78 is 5.37. The minimum absolute atomic E-state index is 0.240. The van der Waals surface area contributed by atoms with Crippen molar-refractivity contribution in [2.24, 2.45) is 0 Å². The lowest BCUT2D eigenvalue weighted by Gasteiger charge is -2.21. The number of rotatable bonds is 6. The first-order valence-electron chi connectivity index (χ1n) is 5.73. The number of halogens is 1. The zero-order valence-corrected chi connectivity index (χ0v) is 10.9. The fraction of sp³-hybridized carbons (Fsp3) is 0.538. The van der Waals surface area contributed by atoms with Crippen LogP contribution in [0.2, 0.25) is 5.02 Å². The van der Waals surface area contributed by atoms with Crippen molar-refractivity contribution in [2.75, 3.05) is 13.2 Å². The molecular weight excluding hydrogens is 222 g/mol. The smallest absolute Gasteiger partial charge is 0.0616 e. The fourth-order valence-electron chi connectivity index (χ4n) is 1.69. The maximum absolute atomic E-state index is 6.14. The molecule has 0 saturated heterocycles. The van der Waals surface area contributed by atoms with Gasteiger partial charge >= 0.3 is 0 Å². The van der Waals surface area contributed by atoms with E-state index in [9.17, 15) is 0 Å². The van der Waals surface area contributed by atoms with Gasteiger partial charge in [-0.1, -0.05) is 29.8 Å². The number of ether oxygens (including phenoxy) is 1. The van der Waals surface area contributed by atoms with Crippen molar-refractivity contribution in [1.82, 2.24) is 5.32 Å². The number of hydrogen-bond acceptors (Lipinski definition) is 2. The SMILES string of the molecule is CCOCC(C)N[C@H](C)c1ccccc1Cl. The summed E-state index contributed by atoms with van der Waals surface area (Å²) in [7, 11) is 0. The second kappa shape index (κ2) is 6.89. The highest BCUT2D eigenvalue weighted by Crippen LogP contribution is 2.22. The minimum atomic E-state index is 0.240. The van der Waals surface area contributed by atoms with Gasteiger partial charge < -0.3 is 10.1 Å². The fourth-order valence-corrected chi connectivity index (χ4v) is 1.98. The van der Waals surface area contributed by atoms with Crippen molar-refractivity contribution in [3.8, 4) is 0 Å². The molecule has 0 heterocycles. The van der Waals surface area contributed by atoms with Crippen molar-refractivity contribution >= 4 is 11.6 Å². The number of benzene rings is 1. The molecule has 1 aromatic rings. The summed E-state index contributed by atoms with van der Waals surface area (Å²) in [5, 5.41) is 4.27. The summed E-state index contributed by atoms with van der Waals surface area (Å²) in [5.74, 6) is 0. The highest BCUT2D eigenvalue weighted by molar-refractivity contribution is 6.31. The van der Waals surface area contributed by atoms with E-state index in [2.05, 4.69) is 19.2 Å². The molecule has 0 amide bonds. The molecule has 1 N–H and O–H groups in total. The van der Waals surface area contributed by atoms with Gasteiger partial charge in [-0.15, -0.1) is 0 Å². The van der Waals surface area contributed by atoms with Crippen LogP contribution >= 0.6 is 11.6 Å². The van der Waals surface area contributed by atoms with E-state index in [-0.39, 0.29) is 6.04 Å². The van der Waals surface area contributed by atoms with E-state index >= 15 is 0 Å². The maximum Gasteiger partial charge on any atom is 0.0616 e. The molecule has 3 heteroatoms. The van der Waals surface area contributed by atoms with Crippen molar-refractivity contribution in [2.45, 2.75) is 32.9 Å². The molecule has 0 aliphatic heterocycles. The molecular formula is C13H20ClNO. The Kier molecular flexibility index (Phi) is 5.81. The van der Waals surface area contributed by atoms with Gasteiger partial charge in [-0.2, -0.15) is 0 Å². The summed E-state index contributed by atoms with van der Waals surface area (Å²) >= 11 is 6.14. The molecule has 0 bridgehead atoms. The van der Waals surface area contributed by atoms with Crippen molar-refractivity contribution in [1.29, 1.82) is 0 Å². The summed E-state index contributed by atoms with van der Waals surface area (Å²) in [6.07, 6.45) is 0. The largest absolute Gasteiger partial charge is 0.380 e. The van der Waals surface area contributed by atoms with Crippen LogP contribution in [0.1, 0.15) is 32.4 Å². The predicted octanol–water partition coefficient (Wildman–Crippen LogP) is 3.42. The van der Waals surface area contributed by atoms with Gasteiger partial charge in [-0.3, -0.25) is 0 Å². The first kappa shape index (κ1) is 13.5. The molecule has 0 aliphatic carbocycles. The molecule has 2 atom stereocenters. The Morgan fingerprint density at radius 1 is 1.31 bits per heavy atom. The first-order valence-corrected chi connectivity index (χ1v) is 6.11. The molecule has 90 valence electrons. The summed E-state index contributed by atoms with van der Waals surface area (Å²) in [5.41, 5.74) is 1.13. The van der Waals surface area contributed by atoms with Crippen molar-refractivity contribution in [3.63, 3.8) is 0 Å². The highest BCUT2D eigenvalue weighted by Gasteiger charge is 2.11. The summed E-state index contributed by atoms with van der Waals surface area (Å²) in [4.78, 5) is 0. The van der Waals surface area contributed by atoms with Gasteiger partial charge in [0.1, 0.15) is 0 Å². The van der Waals surface area contributed by atoms with Gasteiger partial charge in [-0.05, 0) is 32.4 Å². The molecule has 0 fully saturated rings. The Morgan fingerprint density at radius 2 is 2.00 bits per heavy atom. The summed E-state index contributed by atoms with van der Waals surface area (Å²) in [6, 6.07) is 8.49. The Hall–Kier alpha value is -0.570. The van der Waals surface area contributed by atoms with Crippen LogP contribution in [0, 0.1) is 0 Å². The third kappa shape index (κ3) is 4.12. The Labute approximate surface area is 103 Å². The molecule has 1 unspecified atom stereocenters.